The van der Waals surface area contributed by atoms with Gasteiger partial charge in [0.05, 0.1) is 26.4 Å². The molecule has 474 valence electrons. The number of phosphoric ester groups is 2. The molecule has 0 rings (SSSR count). The largest absolute Gasteiger partial charge is 0.472 e. The number of esters is 4. The van der Waals surface area contributed by atoms with E-state index in [1.807, 2.05) is 0 Å². The van der Waals surface area contributed by atoms with E-state index in [1.165, 1.54) is 96.3 Å². The Morgan fingerprint density at radius 3 is 0.950 bits per heavy atom. The van der Waals surface area contributed by atoms with Gasteiger partial charge in [-0.05, 0) is 37.5 Å². The summed E-state index contributed by atoms with van der Waals surface area (Å²) < 4.78 is 67.6. The Labute approximate surface area is 486 Å². The third kappa shape index (κ3) is 54.0. The summed E-state index contributed by atoms with van der Waals surface area (Å²) >= 11 is 0. The van der Waals surface area contributed by atoms with Gasteiger partial charge < -0.3 is 33.8 Å². The van der Waals surface area contributed by atoms with E-state index in [0.29, 0.717) is 25.7 Å². The number of hydrogen-bond donors (Lipinski definition) is 3. The normalized spacial score (nSPS) is 14.7. The monoisotopic (exact) mass is 1180 g/mol. The summed E-state index contributed by atoms with van der Waals surface area (Å²) in [6.07, 6.45) is 35.3. The quantitative estimate of drug-likeness (QED) is 0.0222. The molecule has 0 bridgehead atoms. The first-order valence-corrected chi connectivity index (χ1v) is 35.0. The molecule has 3 N–H and O–H groups in total. The second-order valence-electron chi connectivity index (χ2n) is 22.8. The maximum Gasteiger partial charge on any atom is 0.472 e. The smallest absolute Gasteiger partial charge is 0.462 e. The summed E-state index contributed by atoms with van der Waals surface area (Å²) in [5.41, 5.74) is 0. The van der Waals surface area contributed by atoms with Gasteiger partial charge in [0.2, 0.25) is 0 Å². The number of phosphoric acid groups is 2. The maximum absolute atomic E-state index is 12.9. The number of carbonyl (C=O) groups excluding carboxylic acids is 4. The molecule has 0 spiro atoms. The van der Waals surface area contributed by atoms with Gasteiger partial charge in [0, 0.05) is 25.7 Å². The van der Waals surface area contributed by atoms with Crippen LogP contribution in [0.1, 0.15) is 298 Å². The van der Waals surface area contributed by atoms with Crippen LogP contribution in [0.25, 0.3) is 0 Å². The van der Waals surface area contributed by atoms with Crippen LogP contribution in [0.3, 0.4) is 0 Å². The fourth-order valence-electron chi connectivity index (χ4n) is 8.97. The third-order valence-electron chi connectivity index (χ3n) is 14.3. The van der Waals surface area contributed by atoms with Gasteiger partial charge in [-0.2, -0.15) is 0 Å². The first kappa shape index (κ1) is 78.1. The number of hydrogen-bond acceptors (Lipinski definition) is 15. The summed E-state index contributed by atoms with van der Waals surface area (Å²) in [5, 5.41) is 10.5. The van der Waals surface area contributed by atoms with E-state index in [0.717, 1.165) is 121 Å². The van der Waals surface area contributed by atoms with E-state index in [4.69, 9.17) is 37.0 Å². The molecule has 0 aromatic rings. The molecular weight excluding hydrogens is 1070 g/mol. The molecule has 0 saturated heterocycles. The SMILES string of the molecule is CCCCCCCCCC(=O)O[C@H](COC(=O)CCCCCCC)COP(=O)(O)OC[C@H](O)COP(=O)(O)OC[C@@H](COC(=O)CCCCCCCCCCC(C)CC)OC(=O)CCCCCCCCCCCCCCCC(C)C. The molecule has 0 amide bonds. The van der Waals surface area contributed by atoms with Crippen molar-refractivity contribution < 1.29 is 80.2 Å². The van der Waals surface area contributed by atoms with Crippen LogP contribution in [0.2, 0.25) is 0 Å². The van der Waals surface area contributed by atoms with Gasteiger partial charge in [-0.15, -0.1) is 0 Å². The highest BCUT2D eigenvalue weighted by Gasteiger charge is 2.30. The fourth-order valence-corrected chi connectivity index (χ4v) is 10.5. The van der Waals surface area contributed by atoms with E-state index >= 15 is 0 Å². The molecule has 0 saturated carbocycles. The number of aliphatic hydroxyl groups is 1. The lowest BCUT2D eigenvalue weighted by atomic mass is 9.99. The van der Waals surface area contributed by atoms with Crippen molar-refractivity contribution in [2.45, 2.75) is 317 Å². The predicted octanol–water partition coefficient (Wildman–Crippen LogP) is 16.5. The van der Waals surface area contributed by atoms with Gasteiger partial charge in [0.1, 0.15) is 19.3 Å². The van der Waals surface area contributed by atoms with E-state index < -0.39 is 97.5 Å². The predicted molar refractivity (Wildman–Crippen MR) is 317 cm³/mol. The molecule has 0 radical (unpaired) electrons. The number of carbonyl (C=O) groups is 4. The molecule has 3 unspecified atom stereocenters. The Morgan fingerprint density at radius 2 is 0.637 bits per heavy atom. The maximum atomic E-state index is 12.9. The van der Waals surface area contributed by atoms with Crippen molar-refractivity contribution in [3.8, 4) is 0 Å². The van der Waals surface area contributed by atoms with Crippen molar-refractivity contribution in [1.82, 2.24) is 0 Å². The Hall–Kier alpha value is -1.94. The van der Waals surface area contributed by atoms with Crippen molar-refractivity contribution in [1.29, 1.82) is 0 Å². The highest BCUT2D eigenvalue weighted by Crippen LogP contribution is 2.45. The average molecular weight is 1190 g/mol. The molecule has 17 nitrogen and oxygen atoms in total. The Balaban J connectivity index is 5.16. The summed E-state index contributed by atoms with van der Waals surface area (Å²) in [6.45, 7) is 9.36. The van der Waals surface area contributed by atoms with E-state index in [9.17, 15) is 43.2 Å². The van der Waals surface area contributed by atoms with Crippen molar-refractivity contribution >= 4 is 39.5 Å². The number of rotatable bonds is 60. The zero-order valence-electron chi connectivity index (χ0n) is 51.4. The van der Waals surface area contributed by atoms with Gasteiger partial charge in [-0.3, -0.25) is 37.3 Å². The minimum atomic E-state index is -4.94. The second kappa shape index (κ2) is 53.8. The third-order valence-corrected chi connectivity index (χ3v) is 16.2. The number of ether oxygens (including phenoxy) is 4. The second-order valence-corrected chi connectivity index (χ2v) is 25.7. The standard InChI is InChI=1S/C61H118O17P2/c1-7-10-12-14-24-33-39-45-60(65)77-56(49-71-58(63)43-37-29-13-11-8-2)51-75-79(67,68)73-47-55(62)48-74-80(69,70)76-52-57(50-72-59(64)44-38-32-27-23-22-26-31-36-42-54(6)9-3)78-61(66)46-40-34-28-21-19-17-15-16-18-20-25-30-35-41-53(4)5/h53-57,62H,7-52H2,1-6H3,(H,67,68)(H,69,70)/t54?,55-,56+,57+/m0/s1. The van der Waals surface area contributed by atoms with Gasteiger partial charge in [-0.1, -0.05) is 247 Å². The summed E-state index contributed by atoms with van der Waals surface area (Å²) in [4.78, 5) is 71.7. The zero-order valence-corrected chi connectivity index (χ0v) is 53.2. The van der Waals surface area contributed by atoms with Crippen LogP contribution in [0, 0.1) is 11.8 Å². The van der Waals surface area contributed by atoms with Crippen molar-refractivity contribution in [3.05, 3.63) is 0 Å². The highest BCUT2D eigenvalue weighted by atomic mass is 31.2. The van der Waals surface area contributed by atoms with Gasteiger partial charge in [0.15, 0.2) is 12.2 Å². The lowest BCUT2D eigenvalue weighted by Gasteiger charge is -2.21. The Kier molecular flexibility index (Phi) is 52.5. The lowest BCUT2D eigenvalue weighted by molar-refractivity contribution is -0.161. The van der Waals surface area contributed by atoms with Crippen LogP contribution in [0.15, 0.2) is 0 Å². The minimum absolute atomic E-state index is 0.102. The topological polar surface area (TPSA) is 237 Å². The molecule has 6 atom stereocenters. The Bertz CT molecular complexity index is 1580. The van der Waals surface area contributed by atoms with Gasteiger partial charge in [-0.25, -0.2) is 9.13 Å². The van der Waals surface area contributed by atoms with Crippen LogP contribution in [0.5, 0.6) is 0 Å². The minimum Gasteiger partial charge on any atom is -0.462 e. The van der Waals surface area contributed by atoms with E-state index in [2.05, 4.69) is 41.5 Å². The molecule has 0 aliphatic carbocycles. The van der Waals surface area contributed by atoms with Crippen LogP contribution in [-0.4, -0.2) is 96.7 Å². The molecule has 0 fully saturated rings. The first-order valence-electron chi connectivity index (χ1n) is 32.0. The molecule has 0 heterocycles. The van der Waals surface area contributed by atoms with Crippen molar-refractivity contribution in [3.63, 3.8) is 0 Å². The zero-order chi connectivity index (χ0) is 59.4. The van der Waals surface area contributed by atoms with Crippen molar-refractivity contribution in [2.75, 3.05) is 39.6 Å². The van der Waals surface area contributed by atoms with Crippen LogP contribution < -0.4 is 0 Å². The summed E-state index contributed by atoms with van der Waals surface area (Å²) in [6, 6.07) is 0. The van der Waals surface area contributed by atoms with Crippen LogP contribution >= 0.6 is 15.6 Å². The average Bonchev–Trinajstić information content (AvgIpc) is 3.42. The van der Waals surface area contributed by atoms with Crippen LogP contribution in [-0.2, 0) is 65.4 Å². The first-order chi connectivity index (χ1) is 38.4. The molecule has 19 heteroatoms. The molecule has 0 aliphatic heterocycles. The van der Waals surface area contributed by atoms with E-state index in [1.54, 1.807) is 0 Å². The van der Waals surface area contributed by atoms with Crippen LogP contribution in [0.4, 0.5) is 0 Å². The lowest BCUT2D eigenvalue weighted by Crippen LogP contribution is -2.30. The molecular formula is C61H118O17P2. The van der Waals surface area contributed by atoms with E-state index in [-0.39, 0.29) is 25.7 Å². The van der Waals surface area contributed by atoms with Gasteiger partial charge >= 0.3 is 39.5 Å². The van der Waals surface area contributed by atoms with Crippen molar-refractivity contribution in [2.24, 2.45) is 11.8 Å². The highest BCUT2D eigenvalue weighted by molar-refractivity contribution is 7.47. The summed E-state index contributed by atoms with van der Waals surface area (Å²) in [5.74, 6) is -0.589. The molecule has 0 aromatic heterocycles. The molecule has 80 heavy (non-hydrogen) atoms. The molecule has 0 aromatic carbocycles. The molecule has 0 aliphatic rings. The Morgan fingerprint density at radius 1 is 0.362 bits per heavy atom. The number of aliphatic hydroxyl groups excluding tert-OH is 1. The number of unbranched alkanes of at least 4 members (excludes halogenated alkanes) is 29. The fraction of sp³-hybridized carbons (Fsp3) is 0.934. The van der Waals surface area contributed by atoms with Gasteiger partial charge in [0.25, 0.3) is 0 Å². The summed E-state index contributed by atoms with van der Waals surface area (Å²) in [7, 11) is -9.87.